The molecule has 0 atom stereocenters. The number of amides is 2. The van der Waals surface area contributed by atoms with E-state index in [0.29, 0.717) is 17.5 Å². The average Bonchev–Trinajstić information content (AvgIpc) is 2.18. The Morgan fingerprint density at radius 1 is 1.27 bits per heavy atom. The Morgan fingerprint density at radius 3 is 2.40 bits per heavy atom. The van der Waals surface area contributed by atoms with Crippen LogP contribution in [0.3, 0.4) is 0 Å². The summed E-state index contributed by atoms with van der Waals surface area (Å²) in [7, 11) is 0. The fourth-order valence-electron chi connectivity index (χ4n) is 0.767. The first-order valence-corrected chi connectivity index (χ1v) is 4.68. The molecular formula is C8H8FN3O2S. The Bertz CT molecular complexity index is 369. The van der Waals surface area contributed by atoms with Gasteiger partial charge in [0.25, 0.3) is 0 Å². The zero-order chi connectivity index (χ0) is 11.3. The maximum atomic E-state index is 12.5. The van der Waals surface area contributed by atoms with Crippen molar-refractivity contribution in [3.8, 4) is 0 Å². The lowest BCUT2D eigenvalue weighted by Crippen LogP contribution is -2.37. The highest BCUT2D eigenvalue weighted by Gasteiger charge is 2.06. The highest BCUT2D eigenvalue weighted by Crippen LogP contribution is 2.09. The Hall–Kier alpha value is -1.60. The number of halogens is 1. The summed E-state index contributed by atoms with van der Waals surface area (Å²) >= 11 is 0.640. The third kappa shape index (κ3) is 3.96. The smallest absolute Gasteiger partial charge is 0.327 e. The van der Waals surface area contributed by atoms with E-state index >= 15 is 0 Å². The van der Waals surface area contributed by atoms with E-state index in [9.17, 15) is 14.0 Å². The first kappa shape index (κ1) is 11.5. The van der Waals surface area contributed by atoms with E-state index in [2.05, 4.69) is 4.83 Å². The number of rotatable bonds is 3. The van der Waals surface area contributed by atoms with Crippen LogP contribution in [0, 0.1) is 5.82 Å². The second-order valence-electron chi connectivity index (χ2n) is 2.49. The molecule has 0 aromatic heterocycles. The minimum absolute atomic E-state index is 0.320. The number of hydrazine groups is 1. The summed E-state index contributed by atoms with van der Waals surface area (Å²) in [5.74, 6) is -0.417. The van der Waals surface area contributed by atoms with Crippen LogP contribution in [0.25, 0.3) is 0 Å². The number of hydrogen-bond donors (Lipinski definition) is 3. The summed E-state index contributed by atoms with van der Waals surface area (Å²) in [6, 6.07) is 4.24. The maximum Gasteiger partial charge on any atom is 0.327 e. The van der Waals surface area contributed by atoms with Crippen molar-refractivity contribution < 1.29 is 14.0 Å². The van der Waals surface area contributed by atoms with Crippen LogP contribution in [0.2, 0.25) is 0 Å². The number of carbonyl (C=O) groups is 2. The summed E-state index contributed by atoms with van der Waals surface area (Å²) in [6.45, 7) is 0. The van der Waals surface area contributed by atoms with Crippen molar-refractivity contribution in [2.75, 3.05) is 0 Å². The molecular weight excluding hydrogens is 221 g/mol. The Morgan fingerprint density at radius 2 is 1.87 bits per heavy atom. The second-order valence-corrected chi connectivity index (χ2v) is 3.27. The molecule has 2 amide bonds. The number of nitrogens with one attached hydrogen (secondary N) is 2. The van der Waals surface area contributed by atoms with E-state index in [4.69, 9.17) is 5.73 Å². The van der Waals surface area contributed by atoms with Gasteiger partial charge in [0, 0.05) is 17.5 Å². The molecule has 1 aromatic rings. The Balaban J connectivity index is 2.47. The van der Waals surface area contributed by atoms with Crippen molar-refractivity contribution in [3.05, 3.63) is 35.6 Å². The monoisotopic (exact) mass is 229 g/mol. The molecule has 0 aliphatic rings. The molecule has 7 heteroatoms. The molecule has 0 heterocycles. The molecule has 0 unspecified atom stereocenters. The van der Waals surface area contributed by atoms with E-state index in [1.54, 1.807) is 0 Å². The summed E-state index contributed by atoms with van der Waals surface area (Å²) < 4.78 is 12.5. The van der Waals surface area contributed by atoms with Crippen molar-refractivity contribution >= 4 is 23.1 Å². The average molecular weight is 229 g/mol. The van der Waals surface area contributed by atoms with Gasteiger partial charge in [0.05, 0.1) is 0 Å². The van der Waals surface area contributed by atoms with Gasteiger partial charge in [-0.2, -0.15) is 4.83 Å². The van der Waals surface area contributed by atoms with Gasteiger partial charge in [0.1, 0.15) is 5.82 Å². The third-order valence-electron chi connectivity index (χ3n) is 1.40. The molecule has 1 rings (SSSR count). The summed E-state index contributed by atoms with van der Waals surface area (Å²) in [6.07, 6.45) is 0. The molecule has 0 saturated heterocycles. The molecule has 15 heavy (non-hydrogen) atoms. The molecule has 0 fully saturated rings. The van der Waals surface area contributed by atoms with Gasteiger partial charge in [-0.25, -0.2) is 9.18 Å². The number of primary amides is 1. The lowest BCUT2D eigenvalue weighted by molar-refractivity contribution is 0.108. The lowest BCUT2D eigenvalue weighted by atomic mass is 10.2. The zero-order valence-electron chi connectivity index (χ0n) is 7.49. The number of carbonyl (C=O) groups excluding carboxylic acids is 2. The predicted molar refractivity (Wildman–Crippen MR) is 54.2 cm³/mol. The minimum Gasteiger partial charge on any atom is -0.351 e. The van der Waals surface area contributed by atoms with E-state index in [-0.39, 0.29) is 5.12 Å². The van der Waals surface area contributed by atoms with Gasteiger partial charge in [-0.1, -0.05) is 0 Å². The predicted octanol–water partition coefficient (Wildman–Crippen LogP) is 0.787. The lowest BCUT2D eigenvalue weighted by Gasteiger charge is -2.02. The Labute approximate surface area is 89.3 Å². The van der Waals surface area contributed by atoms with Crippen molar-refractivity contribution in [2.24, 2.45) is 5.73 Å². The summed E-state index contributed by atoms with van der Waals surface area (Å²) in [5, 5.41) is -0.358. The molecule has 0 saturated carbocycles. The highest BCUT2D eigenvalue weighted by molar-refractivity contribution is 8.12. The molecule has 4 N–H and O–H groups in total. The number of nitrogens with two attached hydrogens (primary N) is 1. The first-order chi connectivity index (χ1) is 7.09. The molecule has 80 valence electrons. The third-order valence-corrected chi connectivity index (χ3v) is 2.02. The zero-order valence-corrected chi connectivity index (χ0v) is 8.31. The van der Waals surface area contributed by atoms with Gasteiger partial charge in [-0.15, -0.1) is 0 Å². The van der Waals surface area contributed by atoms with E-state index < -0.39 is 11.8 Å². The molecule has 5 nitrogen and oxygen atoms in total. The quantitative estimate of drug-likeness (QED) is 0.528. The first-order valence-electron chi connectivity index (χ1n) is 3.87. The number of benzene rings is 1. The number of urea groups is 1. The largest absolute Gasteiger partial charge is 0.351 e. The van der Waals surface area contributed by atoms with Gasteiger partial charge in [-0.05, 0) is 24.3 Å². The molecule has 0 aliphatic heterocycles. The van der Waals surface area contributed by atoms with Crippen LogP contribution in [-0.2, 0) is 0 Å². The maximum absolute atomic E-state index is 12.5. The van der Waals surface area contributed by atoms with E-state index in [1.165, 1.54) is 24.3 Å². The van der Waals surface area contributed by atoms with Gasteiger partial charge < -0.3 is 5.73 Å². The van der Waals surface area contributed by atoms with Gasteiger partial charge in [-0.3, -0.25) is 10.2 Å². The van der Waals surface area contributed by atoms with Gasteiger partial charge in [0.15, 0.2) is 0 Å². The standard InChI is InChI=1S/C8H8FN3O2S/c9-6-3-1-5(2-4-6)7(13)15-12-11-8(10)14/h1-4,12H,(H3,10,11,14). The van der Waals surface area contributed by atoms with Gasteiger partial charge >= 0.3 is 6.03 Å². The van der Waals surface area contributed by atoms with Crippen LogP contribution in [0.15, 0.2) is 24.3 Å². The molecule has 1 aromatic carbocycles. The molecule has 0 radical (unpaired) electrons. The van der Waals surface area contributed by atoms with Crippen LogP contribution in [0.1, 0.15) is 10.4 Å². The van der Waals surface area contributed by atoms with E-state index in [0.717, 1.165) is 0 Å². The fourth-order valence-corrected chi connectivity index (χ4v) is 1.27. The second kappa shape index (κ2) is 5.32. The van der Waals surface area contributed by atoms with Crippen molar-refractivity contribution in [3.63, 3.8) is 0 Å². The molecule has 0 spiro atoms. The van der Waals surface area contributed by atoms with Crippen molar-refractivity contribution in [2.45, 2.75) is 0 Å². The van der Waals surface area contributed by atoms with Crippen LogP contribution in [0.4, 0.5) is 9.18 Å². The van der Waals surface area contributed by atoms with Crippen LogP contribution >= 0.6 is 11.9 Å². The molecule has 0 bridgehead atoms. The summed E-state index contributed by atoms with van der Waals surface area (Å²) in [5.41, 5.74) is 7.08. The summed E-state index contributed by atoms with van der Waals surface area (Å²) in [4.78, 5) is 23.8. The Kier molecular flexibility index (Phi) is 4.07. The minimum atomic E-state index is -0.797. The number of hydrogen-bond acceptors (Lipinski definition) is 4. The molecule has 0 aliphatic carbocycles. The van der Waals surface area contributed by atoms with Gasteiger partial charge in [0.2, 0.25) is 5.12 Å². The van der Waals surface area contributed by atoms with Crippen LogP contribution < -0.4 is 16.0 Å². The van der Waals surface area contributed by atoms with Crippen LogP contribution in [-0.4, -0.2) is 11.1 Å². The SMILES string of the molecule is NC(=O)NNSC(=O)c1ccc(F)cc1. The fraction of sp³-hybridized carbons (Fsp3) is 0. The van der Waals surface area contributed by atoms with Crippen molar-refractivity contribution in [1.82, 2.24) is 10.3 Å². The van der Waals surface area contributed by atoms with E-state index in [1.807, 2.05) is 5.43 Å². The van der Waals surface area contributed by atoms with Crippen molar-refractivity contribution in [1.29, 1.82) is 0 Å². The van der Waals surface area contributed by atoms with Crippen LogP contribution in [0.5, 0.6) is 0 Å². The normalized spacial score (nSPS) is 9.67. The topological polar surface area (TPSA) is 84.2 Å². The highest BCUT2D eigenvalue weighted by atomic mass is 32.2.